The van der Waals surface area contributed by atoms with E-state index < -0.39 is 23.6 Å². The highest BCUT2D eigenvalue weighted by molar-refractivity contribution is 5.85. The van der Waals surface area contributed by atoms with Crippen LogP contribution >= 0.6 is 0 Å². The Balaban J connectivity index is 0.00000387. The predicted molar refractivity (Wildman–Crippen MR) is 152 cm³/mol. The van der Waals surface area contributed by atoms with Crippen molar-refractivity contribution in [1.82, 2.24) is 24.8 Å². The van der Waals surface area contributed by atoms with Crippen LogP contribution in [-0.4, -0.2) is 69.8 Å². The lowest BCUT2D eigenvalue weighted by molar-refractivity contribution is -0.127. The summed E-state index contributed by atoms with van der Waals surface area (Å²) >= 11 is 0. The first kappa shape index (κ1) is 30.7. The lowest BCUT2D eigenvalue weighted by Crippen LogP contribution is -2.51. The average Bonchev–Trinajstić information content (AvgIpc) is 3.29. The number of amides is 3. The van der Waals surface area contributed by atoms with Crippen molar-refractivity contribution >= 4 is 23.6 Å². The lowest BCUT2D eigenvalue weighted by Gasteiger charge is -2.56. The van der Waals surface area contributed by atoms with Crippen LogP contribution in [0.1, 0.15) is 77.4 Å². The number of hydrogen-bond donors (Lipinski definition) is 3. The second kappa shape index (κ2) is 11.9. The Bertz CT molecular complexity index is 1230. The van der Waals surface area contributed by atoms with E-state index in [1.54, 1.807) is 36.4 Å². The molecule has 1 atom stereocenters. The summed E-state index contributed by atoms with van der Waals surface area (Å²) in [7, 11) is 1.43. The van der Waals surface area contributed by atoms with Gasteiger partial charge in [-0.15, -0.1) is 10.2 Å². The molecule has 2 aromatic heterocycles. The number of fused-ring (bicyclic) bond motifs is 1. The zero-order chi connectivity index (χ0) is 28.7. The van der Waals surface area contributed by atoms with E-state index in [1.165, 1.54) is 45.6 Å². The Morgan fingerprint density at radius 1 is 1.15 bits per heavy atom. The first-order chi connectivity index (χ1) is 18.9. The van der Waals surface area contributed by atoms with E-state index in [2.05, 4.69) is 15.5 Å². The molecule has 2 aromatic rings. The fourth-order valence-corrected chi connectivity index (χ4v) is 7.30. The van der Waals surface area contributed by atoms with Crippen molar-refractivity contribution in [2.75, 3.05) is 26.8 Å². The Morgan fingerprint density at radius 3 is 2.37 bits per heavy atom. The maximum atomic E-state index is 13.0. The SMILES string of the molecule is C.CN(CC(N)=O)C(=O)OCc1cccc2nnc([C@@H](COCC34CC5CC(CC(C5)C3)C4)NC(=O)C(C)(C)N)n12. The number of nitrogens with one attached hydrogen (secondary N) is 1. The molecular formula is C29H45N7O5. The highest BCUT2D eigenvalue weighted by Gasteiger charge is 2.51. The van der Waals surface area contributed by atoms with Crippen LogP contribution in [0.25, 0.3) is 5.65 Å². The number of ether oxygens (including phenoxy) is 2. The summed E-state index contributed by atoms with van der Waals surface area (Å²) < 4.78 is 13.6. The Hall–Kier alpha value is -3.25. The summed E-state index contributed by atoms with van der Waals surface area (Å²) in [6.07, 6.45) is 7.06. The van der Waals surface area contributed by atoms with Crippen LogP contribution in [-0.2, 0) is 25.7 Å². The molecule has 226 valence electrons. The molecule has 0 aromatic carbocycles. The highest BCUT2D eigenvalue weighted by Crippen LogP contribution is 2.60. The normalized spacial score (nSPS) is 25.4. The maximum absolute atomic E-state index is 13.0. The molecule has 3 amide bonds. The summed E-state index contributed by atoms with van der Waals surface area (Å²) in [5.41, 5.74) is 11.5. The molecule has 4 fully saturated rings. The number of carbonyl (C=O) groups is 3. The zero-order valence-electron chi connectivity index (χ0n) is 23.6. The fourth-order valence-electron chi connectivity index (χ4n) is 7.30. The third-order valence-corrected chi connectivity index (χ3v) is 8.64. The van der Waals surface area contributed by atoms with Gasteiger partial charge in [0.05, 0.1) is 24.4 Å². The van der Waals surface area contributed by atoms with Crippen molar-refractivity contribution in [1.29, 1.82) is 0 Å². The van der Waals surface area contributed by atoms with Crippen molar-refractivity contribution in [3.8, 4) is 0 Å². The standard InChI is InChI=1S/C28H41N7O5.CH4/c1-27(2,30)25(37)31-21(15-39-16-28-10-17-7-18(11-28)9-19(8-17)12-28)24-33-32-23-6-4-5-20(35(23)24)14-40-26(38)34(3)13-22(29)36;/h4-6,17-19,21H,7-16,30H2,1-3H3,(H2,29,36)(H,31,37);1H4/t17?,18?,19?,21-,28?;/m1./s1. The molecule has 4 bridgehead atoms. The van der Waals surface area contributed by atoms with Crippen molar-refractivity contribution < 1.29 is 23.9 Å². The van der Waals surface area contributed by atoms with E-state index in [0.717, 1.165) is 22.7 Å². The molecular weight excluding hydrogens is 526 g/mol. The molecule has 4 saturated carbocycles. The summed E-state index contributed by atoms with van der Waals surface area (Å²) in [4.78, 5) is 37.6. The molecule has 0 radical (unpaired) electrons. The smallest absolute Gasteiger partial charge is 0.410 e. The van der Waals surface area contributed by atoms with Crippen LogP contribution in [0.3, 0.4) is 0 Å². The molecule has 41 heavy (non-hydrogen) atoms. The van der Waals surface area contributed by atoms with E-state index in [4.69, 9.17) is 20.9 Å². The van der Waals surface area contributed by atoms with Crippen LogP contribution in [0.4, 0.5) is 4.79 Å². The Labute approximate surface area is 241 Å². The first-order valence-corrected chi connectivity index (χ1v) is 14.1. The van der Waals surface area contributed by atoms with Gasteiger partial charge in [0.25, 0.3) is 0 Å². The lowest BCUT2D eigenvalue weighted by atomic mass is 9.50. The molecule has 6 rings (SSSR count). The summed E-state index contributed by atoms with van der Waals surface area (Å²) in [6.45, 7) is 3.78. The highest BCUT2D eigenvalue weighted by atomic mass is 16.6. The van der Waals surface area contributed by atoms with Gasteiger partial charge < -0.3 is 31.2 Å². The molecule has 2 heterocycles. The van der Waals surface area contributed by atoms with Gasteiger partial charge in [0.1, 0.15) is 19.2 Å². The van der Waals surface area contributed by atoms with E-state index >= 15 is 0 Å². The van der Waals surface area contributed by atoms with Crippen molar-refractivity contribution in [2.24, 2.45) is 34.6 Å². The number of likely N-dealkylation sites (N-methyl/N-ethyl adjacent to an activating group) is 1. The van der Waals surface area contributed by atoms with E-state index in [1.807, 2.05) is 0 Å². The van der Waals surface area contributed by atoms with Crippen LogP contribution in [0.2, 0.25) is 0 Å². The van der Waals surface area contributed by atoms with Crippen LogP contribution in [0.5, 0.6) is 0 Å². The zero-order valence-corrected chi connectivity index (χ0v) is 23.6. The number of rotatable bonds is 11. The second-order valence-electron chi connectivity index (χ2n) is 12.8. The van der Waals surface area contributed by atoms with Gasteiger partial charge in [0.2, 0.25) is 11.8 Å². The molecule has 0 saturated heterocycles. The molecule has 0 spiro atoms. The number of aromatic nitrogens is 3. The number of carbonyl (C=O) groups excluding carboxylic acids is 3. The number of nitrogens with zero attached hydrogens (tertiary/aromatic N) is 4. The van der Waals surface area contributed by atoms with Gasteiger partial charge >= 0.3 is 6.09 Å². The minimum atomic E-state index is -1.11. The van der Waals surface area contributed by atoms with Gasteiger partial charge in [0.15, 0.2) is 11.5 Å². The molecule has 4 aliphatic rings. The van der Waals surface area contributed by atoms with Gasteiger partial charge in [-0.2, -0.15) is 0 Å². The van der Waals surface area contributed by atoms with Crippen molar-refractivity contribution in [3.63, 3.8) is 0 Å². The van der Waals surface area contributed by atoms with Crippen molar-refractivity contribution in [2.45, 2.75) is 78.0 Å². The van der Waals surface area contributed by atoms with E-state index in [9.17, 15) is 14.4 Å². The first-order valence-electron chi connectivity index (χ1n) is 14.1. The number of nitrogens with two attached hydrogens (primary N) is 2. The Kier molecular flexibility index (Phi) is 8.93. The minimum Gasteiger partial charge on any atom is -0.443 e. The monoisotopic (exact) mass is 571 g/mol. The van der Waals surface area contributed by atoms with Crippen LogP contribution in [0, 0.1) is 23.2 Å². The number of pyridine rings is 1. The average molecular weight is 572 g/mol. The third-order valence-electron chi connectivity index (χ3n) is 8.64. The van der Waals surface area contributed by atoms with Crippen LogP contribution < -0.4 is 16.8 Å². The third kappa shape index (κ3) is 6.81. The molecule has 4 aliphatic carbocycles. The number of primary amides is 1. The molecule has 5 N–H and O–H groups in total. The minimum absolute atomic E-state index is 0. The van der Waals surface area contributed by atoms with E-state index in [-0.39, 0.29) is 38.5 Å². The van der Waals surface area contributed by atoms with Gasteiger partial charge in [-0.25, -0.2) is 4.79 Å². The van der Waals surface area contributed by atoms with E-state index in [0.29, 0.717) is 23.8 Å². The van der Waals surface area contributed by atoms with Crippen LogP contribution in [0.15, 0.2) is 18.2 Å². The predicted octanol–water partition coefficient (Wildman–Crippen LogP) is 2.55. The second-order valence-corrected chi connectivity index (χ2v) is 12.8. The van der Waals surface area contributed by atoms with Gasteiger partial charge in [-0.05, 0) is 87.7 Å². The summed E-state index contributed by atoms with van der Waals surface area (Å²) in [5.74, 6) is 1.92. The largest absolute Gasteiger partial charge is 0.443 e. The summed E-state index contributed by atoms with van der Waals surface area (Å²) in [5, 5.41) is 11.7. The molecule has 0 aliphatic heterocycles. The number of hydrogen-bond acceptors (Lipinski definition) is 8. The van der Waals surface area contributed by atoms with Crippen molar-refractivity contribution in [3.05, 3.63) is 29.7 Å². The van der Waals surface area contributed by atoms with Gasteiger partial charge in [-0.1, -0.05) is 13.5 Å². The topological polar surface area (TPSA) is 167 Å². The Morgan fingerprint density at radius 2 is 1.78 bits per heavy atom. The quantitative estimate of drug-likeness (QED) is 0.370. The molecule has 12 heteroatoms. The fraction of sp³-hybridized carbons (Fsp3) is 0.690. The summed E-state index contributed by atoms with van der Waals surface area (Å²) in [6, 6.07) is 4.71. The van der Waals surface area contributed by atoms with Gasteiger partial charge in [0, 0.05) is 7.05 Å². The molecule has 12 nitrogen and oxygen atoms in total. The van der Waals surface area contributed by atoms with Gasteiger partial charge in [-0.3, -0.25) is 14.0 Å². The molecule has 0 unspecified atom stereocenters. The maximum Gasteiger partial charge on any atom is 0.410 e.